The van der Waals surface area contributed by atoms with Crippen molar-refractivity contribution in [3.8, 4) is 0 Å². The maximum Gasteiger partial charge on any atom is 0.305 e. The molecule has 0 amide bonds. The number of alkyl halides is 2. The van der Waals surface area contributed by atoms with Crippen molar-refractivity contribution in [2.45, 2.75) is 41.3 Å². The highest BCUT2D eigenvalue weighted by Crippen LogP contribution is 2.53. The topological polar surface area (TPSA) is 84.8 Å². The van der Waals surface area contributed by atoms with E-state index in [-0.39, 0.29) is 23.4 Å². The van der Waals surface area contributed by atoms with E-state index in [1.807, 2.05) is 0 Å². The van der Waals surface area contributed by atoms with Gasteiger partial charge in [0, 0.05) is 24.4 Å². The van der Waals surface area contributed by atoms with Gasteiger partial charge in [-0.05, 0) is 31.4 Å². The fourth-order valence-electron chi connectivity index (χ4n) is 2.72. The molecular formula is C17H20Cl2N2O4S. The van der Waals surface area contributed by atoms with Gasteiger partial charge in [0.25, 0.3) is 10.0 Å². The Morgan fingerprint density at radius 1 is 1.27 bits per heavy atom. The number of rotatable bonds is 8. The summed E-state index contributed by atoms with van der Waals surface area (Å²) in [5.41, 5.74) is 0.603. The molecule has 142 valence electrons. The lowest BCUT2D eigenvalue weighted by Crippen LogP contribution is -2.22. The molecule has 1 atom stereocenters. The molecule has 1 aliphatic heterocycles. The van der Waals surface area contributed by atoms with Crippen molar-refractivity contribution < 1.29 is 17.9 Å². The molecule has 3 rings (SSSR count). The summed E-state index contributed by atoms with van der Waals surface area (Å²) in [5.74, 6) is 0.184. The van der Waals surface area contributed by atoms with Crippen LogP contribution in [0.1, 0.15) is 37.7 Å². The number of nitrogens with one attached hydrogen (secondary N) is 1. The third-order valence-electron chi connectivity index (χ3n) is 4.37. The van der Waals surface area contributed by atoms with Gasteiger partial charge in [0.05, 0.1) is 11.5 Å². The monoisotopic (exact) mass is 418 g/mol. The molecule has 1 saturated carbocycles. The van der Waals surface area contributed by atoms with Crippen molar-refractivity contribution in [3.63, 3.8) is 0 Å². The number of ether oxygens (including phenoxy) is 1. The Morgan fingerprint density at radius 3 is 2.73 bits per heavy atom. The van der Waals surface area contributed by atoms with Gasteiger partial charge in [-0.15, -0.1) is 23.2 Å². The molecule has 1 unspecified atom stereocenters. The van der Waals surface area contributed by atoms with E-state index in [9.17, 15) is 13.2 Å². The maximum atomic E-state index is 12.0. The van der Waals surface area contributed by atoms with Gasteiger partial charge in [0.15, 0.2) is 0 Å². The number of hydrogen-bond acceptors (Lipinski definition) is 5. The standard InChI is InChI=1S/C17H20Cl2N2O4S/c18-17(19)10-12(17)11-25-15(22)8-2-1-5-9-20-16-13-6-3-4-7-14(13)26(23,24)21-16/h3-4,6-7,12H,1-2,5,8-11H2,(H,20,21). The second kappa shape index (κ2) is 7.74. The van der Waals surface area contributed by atoms with Crippen LogP contribution in [0.25, 0.3) is 0 Å². The first-order chi connectivity index (χ1) is 12.3. The largest absolute Gasteiger partial charge is 0.465 e. The summed E-state index contributed by atoms with van der Waals surface area (Å²) >= 11 is 11.7. The number of unbranched alkanes of at least 4 members (excludes halogenated alkanes) is 2. The number of aliphatic imine (C=N–C) groups is 1. The number of carbonyl (C=O) groups is 1. The number of halogens is 2. The molecule has 0 spiro atoms. The number of benzene rings is 1. The summed E-state index contributed by atoms with van der Waals surface area (Å²) in [4.78, 5) is 16.2. The second-order valence-corrected chi connectivity index (χ2v) is 9.68. The van der Waals surface area contributed by atoms with E-state index < -0.39 is 14.4 Å². The van der Waals surface area contributed by atoms with Gasteiger partial charge in [0.1, 0.15) is 10.2 Å². The molecule has 1 N–H and O–H groups in total. The molecule has 1 aromatic rings. The van der Waals surface area contributed by atoms with Crippen LogP contribution in [0.2, 0.25) is 0 Å². The average molecular weight is 419 g/mol. The van der Waals surface area contributed by atoms with Gasteiger partial charge in [-0.2, -0.15) is 0 Å². The van der Waals surface area contributed by atoms with E-state index in [4.69, 9.17) is 27.9 Å². The molecule has 0 aromatic heterocycles. The minimum atomic E-state index is -3.49. The lowest BCUT2D eigenvalue weighted by Gasteiger charge is -2.04. The average Bonchev–Trinajstić information content (AvgIpc) is 3.12. The maximum absolute atomic E-state index is 12.0. The Hall–Kier alpha value is -1.31. The Balaban J connectivity index is 1.35. The first-order valence-electron chi connectivity index (χ1n) is 8.50. The second-order valence-electron chi connectivity index (χ2n) is 6.49. The van der Waals surface area contributed by atoms with Gasteiger partial charge < -0.3 is 4.74 Å². The smallest absolute Gasteiger partial charge is 0.305 e. The van der Waals surface area contributed by atoms with Gasteiger partial charge in [-0.3, -0.25) is 14.5 Å². The number of fused-ring (bicyclic) bond motifs is 1. The minimum absolute atomic E-state index is 0.0451. The van der Waals surface area contributed by atoms with Crippen LogP contribution in [0.15, 0.2) is 34.2 Å². The molecule has 1 aromatic carbocycles. The van der Waals surface area contributed by atoms with E-state index in [0.717, 1.165) is 12.8 Å². The first kappa shape index (κ1) is 19.5. The lowest BCUT2D eigenvalue weighted by atomic mass is 10.2. The number of esters is 1. The number of carbonyl (C=O) groups excluding carboxylic acids is 1. The number of amidine groups is 1. The van der Waals surface area contributed by atoms with Crippen LogP contribution in [-0.2, 0) is 19.6 Å². The number of hydrogen-bond donors (Lipinski definition) is 1. The van der Waals surface area contributed by atoms with Gasteiger partial charge >= 0.3 is 5.97 Å². The highest BCUT2D eigenvalue weighted by molar-refractivity contribution is 7.90. The number of nitrogens with zero attached hydrogens (tertiary/aromatic N) is 1. The van der Waals surface area contributed by atoms with Gasteiger partial charge in [-0.25, -0.2) is 8.42 Å². The van der Waals surface area contributed by atoms with Crippen molar-refractivity contribution in [2.24, 2.45) is 10.9 Å². The Labute approximate surface area is 163 Å². The molecule has 1 heterocycles. The zero-order valence-electron chi connectivity index (χ0n) is 14.1. The van der Waals surface area contributed by atoms with E-state index >= 15 is 0 Å². The van der Waals surface area contributed by atoms with E-state index in [1.165, 1.54) is 0 Å². The molecular weight excluding hydrogens is 399 g/mol. The highest BCUT2D eigenvalue weighted by Gasteiger charge is 2.52. The van der Waals surface area contributed by atoms with Crippen LogP contribution in [0.5, 0.6) is 0 Å². The highest BCUT2D eigenvalue weighted by atomic mass is 35.5. The van der Waals surface area contributed by atoms with Gasteiger partial charge in [0.2, 0.25) is 0 Å². The molecule has 9 heteroatoms. The predicted octanol–water partition coefficient (Wildman–Crippen LogP) is 3.02. The summed E-state index contributed by atoms with van der Waals surface area (Å²) in [6.45, 7) is 0.767. The molecule has 0 radical (unpaired) electrons. The van der Waals surface area contributed by atoms with Crippen LogP contribution in [-0.4, -0.2) is 37.7 Å². The third kappa shape index (κ3) is 4.69. The zero-order valence-corrected chi connectivity index (χ0v) is 16.4. The summed E-state index contributed by atoms with van der Waals surface area (Å²) < 4.78 is 30.8. The van der Waals surface area contributed by atoms with E-state index in [0.29, 0.717) is 37.2 Å². The van der Waals surface area contributed by atoms with E-state index in [1.54, 1.807) is 24.3 Å². The molecule has 0 bridgehead atoms. The molecule has 1 aliphatic carbocycles. The Morgan fingerprint density at radius 2 is 2.00 bits per heavy atom. The summed E-state index contributed by atoms with van der Waals surface area (Å²) in [7, 11) is -3.49. The van der Waals surface area contributed by atoms with Crippen molar-refractivity contribution in [1.29, 1.82) is 0 Å². The summed E-state index contributed by atoms with van der Waals surface area (Å²) in [6, 6.07) is 6.76. The molecule has 1 fully saturated rings. The van der Waals surface area contributed by atoms with Gasteiger partial charge in [-0.1, -0.05) is 18.6 Å². The van der Waals surface area contributed by atoms with Crippen LogP contribution >= 0.6 is 23.2 Å². The van der Waals surface area contributed by atoms with Crippen LogP contribution in [0.4, 0.5) is 0 Å². The molecule has 26 heavy (non-hydrogen) atoms. The predicted molar refractivity (Wildman–Crippen MR) is 100 cm³/mol. The molecule has 0 saturated heterocycles. The molecule has 2 aliphatic rings. The van der Waals surface area contributed by atoms with Crippen LogP contribution in [0, 0.1) is 5.92 Å². The summed E-state index contributed by atoms with van der Waals surface area (Å²) in [6.07, 6.45) is 3.27. The first-order valence-corrected chi connectivity index (χ1v) is 10.7. The van der Waals surface area contributed by atoms with Crippen molar-refractivity contribution in [3.05, 3.63) is 29.8 Å². The number of sulfonamides is 1. The lowest BCUT2D eigenvalue weighted by molar-refractivity contribution is -0.144. The van der Waals surface area contributed by atoms with Crippen molar-refractivity contribution >= 4 is 45.0 Å². The van der Waals surface area contributed by atoms with Crippen molar-refractivity contribution in [1.82, 2.24) is 4.72 Å². The van der Waals surface area contributed by atoms with Crippen LogP contribution in [0.3, 0.4) is 0 Å². The Kier molecular flexibility index (Phi) is 5.79. The normalized spacial score (nSPS) is 23.3. The van der Waals surface area contributed by atoms with Crippen molar-refractivity contribution in [2.75, 3.05) is 13.2 Å². The third-order valence-corrected chi connectivity index (χ3v) is 6.70. The fraction of sp³-hybridized carbons (Fsp3) is 0.529. The molecule has 6 nitrogen and oxygen atoms in total. The quantitative estimate of drug-likeness (QED) is 0.399. The fourth-order valence-corrected chi connectivity index (χ4v) is 4.47. The SMILES string of the molecule is O=C(CCCCCN=C1NS(=O)(=O)c2ccccc21)OCC1CC1(Cl)Cl. The minimum Gasteiger partial charge on any atom is -0.465 e. The van der Waals surface area contributed by atoms with E-state index in [2.05, 4.69) is 9.71 Å². The van der Waals surface area contributed by atoms with Crippen LogP contribution < -0.4 is 4.72 Å². The summed E-state index contributed by atoms with van der Waals surface area (Å²) in [5, 5.41) is 0. The zero-order chi connectivity index (χ0) is 18.8. The Bertz CT molecular complexity index is 824.